The van der Waals surface area contributed by atoms with Gasteiger partial charge in [0.05, 0.1) is 32.8 Å². The molecular weight excluding hydrogens is 323 g/mol. The number of alkyl halides is 3. The van der Waals surface area contributed by atoms with Crippen molar-refractivity contribution in [3.63, 3.8) is 0 Å². The lowest BCUT2D eigenvalue weighted by molar-refractivity contribution is -0.137. The van der Waals surface area contributed by atoms with Crippen LogP contribution < -0.4 is 5.73 Å². The molecule has 0 spiro atoms. The maximum absolute atomic E-state index is 12.6. The van der Waals surface area contributed by atoms with Crippen LogP contribution in [0.25, 0.3) is 0 Å². The van der Waals surface area contributed by atoms with Gasteiger partial charge in [-0.3, -0.25) is 4.21 Å². The maximum atomic E-state index is 12.6. The highest BCUT2D eigenvalue weighted by Crippen LogP contribution is 2.30. The Labute approximate surface area is 127 Å². The van der Waals surface area contributed by atoms with E-state index in [1.54, 1.807) is 6.07 Å². The average Bonchev–Trinajstić information content (AvgIpc) is 2.41. The third-order valence-corrected chi connectivity index (χ3v) is 4.49. The molecule has 0 amide bonds. The molecule has 0 fully saturated rings. The van der Waals surface area contributed by atoms with Gasteiger partial charge < -0.3 is 5.73 Å². The van der Waals surface area contributed by atoms with E-state index in [4.69, 9.17) is 17.3 Å². The number of anilines is 1. The Kier molecular flexibility index (Phi) is 4.58. The van der Waals surface area contributed by atoms with E-state index in [9.17, 15) is 17.4 Å². The van der Waals surface area contributed by atoms with Crippen LogP contribution in [0.3, 0.4) is 0 Å². The maximum Gasteiger partial charge on any atom is 0.416 e. The fraction of sp³-hybridized carbons (Fsp3) is 0.143. The summed E-state index contributed by atoms with van der Waals surface area (Å²) in [6.07, 6.45) is -4.41. The minimum atomic E-state index is -4.41. The molecule has 2 N–H and O–H groups in total. The number of nitrogens with two attached hydrogens (primary N) is 1. The molecule has 0 aliphatic heterocycles. The van der Waals surface area contributed by atoms with Crippen LogP contribution in [0, 0.1) is 0 Å². The second-order valence-corrected chi connectivity index (χ2v) is 6.23. The van der Waals surface area contributed by atoms with E-state index in [0.29, 0.717) is 16.1 Å². The van der Waals surface area contributed by atoms with Crippen molar-refractivity contribution in [3.05, 3.63) is 58.6 Å². The Morgan fingerprint density at radius 2 is 1.86 bits per heavy atom. The molecule has 1 atom stereocenters. The van der Waals surface area contributed by atoms with Gasteiger partial charge in [-0.2, -0.15) is 13.2 Å². The third kappa shape index (κ3) is 3.98. The molecule has 1 unspecified atom stereocenters. The van der Waals surface area contributed by atoms with Crippen LogP contribution in [-0.4, -0.2) is 4.21 Å². The summed E-state index contributed by atoms with van der Waals surface area (Å²) in [5.41, 5.74) is 5.50. The van der Waals surface area contributed by atoms with E-state index in [1.807, 2.05) is 0 Å². The zero-order valence-corrected chi connectivity index (χ0v) is 12.2. The van der Waals surface area contributed by atoms with Crippen LogP contribution in [0.2, 0.25) is 5.02 Å². The van der Waals surface area contributed by atoms with E-state index >= 15 is 0 Å². The predicted molar refractivity (Wildman–Crippen MR) is 77.4 cm³/mol. The van der Waals surface area contributed by atoms with Gasteiger partial charge >= 0.3 is 6.18 Å². The van der Waals surface area contributed by atoms with Crippen molar-refractivity contribution >= 4 is 28.1 Å². The van der Waals surface area contributed by atoms with Crippen LogP contribution in [0.1, 0.15) is 11.1 Å². The normalized spacial score (nSPS) is 13.1. The fourth-order valence-corrected chi connectivity index (χ4v) is 3.08. The van der Waals surface area contributed by atoms with Crippen molar-refractivity contribution < 1.29 is 17.4 Å². The first-order valence-electron chi connectivity index (χ1n) is 5.87. The largest absolute Gasteiger partial charge is 0.416 e. The molecule has 7 heteroatoms. The molecule has 2 nitrogen and oxygen atoms in total. The Hall–Kier alpha value is -1.53. The second kappa shape index (κ2) is 6.07. The van der Waals surface area contributed by atoms with Crippen LogP contribution in [0.4, 0.5) is 18.9 Å². The highest BCUT2D eigenvalue weighted by molar-refractivity contribution is 7.84. The summed E-state index contributed by atoms with van der Waals surface area (Å²) in [5, 5.41) is 0.268. The van der Waals surface area contributed by atoms with Gasteiger partial charge in [-0.05, 0) is 29.8 Å². The van der Waals surface area contributed by atoms with Crippen LogP contribution >= 0.6 is 11.6 Å². The minimum absolute atomic E-state index is 0.0236. The molecule has 0 heterocycles. The Morgan fingerprint density at radius 3 is 2.48 bits per heavy atom. The first-order valence-corrected chi connectivity index (χ1v) is 7.56. The van der Waals surface area contributed by atoms with Crippen molar-refractivity contribution in [2.24, 2.45) is 0 Å². The van der Waals surface area contributed by atoms with Gasteiger partial charge in [0.2, 0.25) is 0 Å². The predicted octanol–water partition coefficient (Wildman–Crippen LogP) is 4.25. The summed E-state index contributed by atoms with van der Waals surface area (Å²) in [4.78, 5) is 0.423. The lowest BCUT2D eigenvalue weighted by Gasteiger charge is -2.09. The van der Waals surface area contributed by atoms with E-state index in [0.717, 1.165) is 12.1 Å². The number of hydrogen-bond acceptors (Lipinski definition) is 2. The molecule has 2 aromatic carbocycles. The first-order chi connectivity index (χ1) is 9.77. The molecule has 0 aliphatic rings. The summed E-state index contributed by atoms with van der Waals surface area (Å²) in [6.45, 7) is 0. The Morgan fingerprint density at radius 1 is 1.14 bits per heavy atom. The van der Waals surface area contributed by atoms with E-state index < -0.39 is 22.5 Å². The standard InChI is InChI=1S/C14H11ClF3NOS/c15-12-7-11(4-5-13(12)19)21(20)8-9-2-1-3-10(6-9)14(16,17)18/h1-7H,8,19H2. The molecule has 0 saturated heterocycles. The third-order valence-electron chi connectivity index (χ3n) is 2.79. The van der Waals surface area contributed by atoms with Crippen molar-refractivity contribution in [2.45, 2.75) is 16.8 Å². The van der Waals surface area contributed by atoms with Gasteiger partial charge in [0.1, 0.15) is 0 Å². The van der Waals surface area contributed by atoms with Crippen molar-refractivity contribution in [1.82, 2.24) is 0 Å². The van der Waals surface area contributed by atoms with Gasteiger partial charge in [-0.25, -0.2) is 0 Å². The Bertz CT molecular complexity index is 688. The summed E-state index contributed by atoms with van der Waals surface area (Å²) < 4.78 is 50.0. The molecule has 2 aromatic rings. The summed E-state index contributed by atoms with van der Waals surface area (Å²) in [5.74, 6) is -0.0236. The zero-order valence-electron chi connectivity index (χ0n) is 10.7. The molecule has 0 aromatic heterocycles. The van der Waals surface area contributed by atoms with Crippen LogP contribution in [0.5, 0.6) is 0 Å². The summed E-state index contributed by atoms with van der Waals surface area (Å²) >= 11 is 5.84. The topological polar surface area (TPSA) is 43.1 Å². The Balaban J connectivity index is 2.21. The van der Waals surface area contributed by atoms with Gasteiger partial charge in [-0.1, -0.05) is 29.8 Å². The monoisotopic (exact) mass is 333 g/mol. The van der Waals surface area contributed by atoms with Gasteiger partial charge in [-0.15, -0.1) is 0 Å². The molecule has 0 radical (unpaired) electrons. The number of nitrogen functional groups attached to an aromatic ring is 1. The van der Waals surface area contributed by atoms with Crippen molar-refractivity contribution in [2.75, 3.05) is 5.73 Å². The van der Waals surface area contributed by atoms with E-state index in [1.165, 1.54) is 24.3 Å². The minimum Gasteiger partial charge on any atom is -0.398 e. The smallest absolute Gasteiger partial charge is 0.398 e. The molecule has 112 valence electrons. The fourth-order valence-electron chi connectivity index (χ4n) is 1.72. The summed E-state index contributed by atoms with van der Waals surface area (Å²) in [6, 6.07) is 9.30. The number of halogens is 4. The molecule has 0 bridgehead atoms. The zero-order chi connectivity index (χ0) is 15.6. The highest BCUT2D eigenvalue weighted by Gasteiger charge is 2.30. The summed E-state index contributed by atoms with van der Waals surface area (Å²) in [7, 11) is -1.50. The van der Waals surface area contributed by atoms with Crippen LogP contribution in [-0.2, 0) is 22.7 Å². The van der Waals surface area contributed by atoms with Crippen molar-refractivity contribution in [3.8, 4) is 0 Å². The number of benzene rings is 2. The van der Waals surface area contributed by atoms with E-state index in [2.05, 4.69) is 0 Å². The SMILES string of the molecule is Nc1ccc(S(=O)Cc2cccc(C(F)(F)F)c2)cc1Cl. The van der Waals surface area contributed by atoms with E-state index in [-0.39, 0.29) is 10.8 Å². The highest BCUT2D eigenvalue weighted by atomic mass is 35.5. The first kappa shape index (κ1) is 15.9. The van der Waals surface area contributed by atoms with Crippen LogP contribution in [0.15, 0.2) is 47.4 Å². The quantitative estimate of drug-likeness (QED) is 0.853. The molecule has 0 aliphatic carbocycles. The lowest BCUT2D eigenvalue weighted by Crippen LogP contribution is -2.06. The molecule has 2 rings (SSSR count). The van der Waals surface area contributed by atoms with Gasteiger partial charge in [0, 0.05) is 4.90 Å². The molecule has 21 heavy (non-hydrogen) atoms. The molecular formula is C14H11ClF3NOS. The van der Waals surface area contributed by atoms with Gasteiger partial charge in [0.15, 0.2) is 0 Å². The van der Waals surface area contributed by atoms with Gasteiger partial charge in [0.25, 0.3) is 0 Å². The lowest BCUT2D eigenvalue weighted by atomic mass is 10.1. The second-order valence-electron chi connectivity index (χ2n) is 4.37. The molecule has 0 saturated carbocycles. The average molecular weight is 334 g/mol. The number of hydrogen-bond donors (Lipinski definition) is 1. The van der Waals surface area contributed by atoms with Crippen molar-refractivity contribution in [1.29, 1.82) is 0 Å². The number of rotatable bonds is 3.